The number of amides is 1. The molecule has 116 valence electrons. The summed E-state index contributed by atoms with van der Waals surface area (Å²) in [4.78, 5) is 12.6. The Morgan fingerprint density at radius 3 is 2.35 bits per heavy atom. The van der Waals surface area contributed by atoms with Gasteiger partial charge in [0.05, 0.1) is 5.69 Å². The van der Waals surface area contributed by atoms with Crippen molar-refractivity contribution in [2.45, 2.75) is 19.8 Å². The third kappa shape index (κ3) is 3.48. The first-order chi connectivity index (χ1) is 11.3. The molecular formula is C19H19N3O. The van der Waals surface area contributed by atoms with Crippen LogP contribution >= 0.6 is 0 Å². The van der Waals surface area contributed by atoms with Crippen LogP contribution in [0.2, 0.25) is 0 Å². The van der Waals surface area contributed by atoms with Crippen LogP contribution in [-0.4, -0.2) is 15.7 Å². The molecule has 0 spiro atoms. The summed E-state index contributed by atoms with van der Waals surface area (Å²) in [5, 5.41) is 7.41. The van der Waals surface area contributed by atoms with E-state index in [0.29, 0.717) is 5.69 Å². The van der Waals surface area contributed by atoms with E-state index in [9.17, 15) is 4.79 Å². The van der Waals surface area contributed by atoms with Crippen LogP contribution in [0.4, 0.5) is 5.69 Å². The normalized spacial score (nSPS) is 10.5. The Balaban J connectivity index is 1.91. The number of nitrogens with one attached hydrogen (secondary N) is 1. The Morgan fingerprint density at radius 2 is 1.70 bits per heavy atom. The number of hydrogen-bond acceptors (Lipinski definition) is 2. The topological polar surface area (TPSA) is 46.9 Å². The van der Waals surface area contributed by atoms with Crippen molar-refractivity contribution in [2.75, 3.05) is 5.32 Å². The van der Waals surface area contributed by atoms with Crippen molar-refractivity contribution < 1.29 is 4.79 Å². The average Bonchev–Trinajstić information content (AvgIpc) is 3.01. The molecule has 0 saturated heterocycles. The number of hydrogen-bond donors (Lipinski definition) is 1. The smallest absolute Gasteiger partial charge is 0.276 e. The molecule has 4 nitrogen and oxygen atoms in total. The molecule has 0 aliphatic heterocycles. The summed E-state index contributed by atoms with van der Waals surface area (Å²) in [6, 6.07) is 19.3. The predicted octanol–water partition coefficient (Wildman–Crippen LogP) is 4.08. The predicted molar refractivity (Wildman–Crippen MR) is 92.0 cm³/mol. The lowest BCUT2D eigenvalue weighted by Gasteiger charge is -2.04. The zero-order chi connectivity index (χ0) is 16.1. The van der Waals surface area contributed by atoms with Crippen molar-refractivity contribution in [2.24, 2.45) is 0 Å². The van der Waals surface area contributed by atoms with Gasteiger partial charge in [0.2, 0.25) is 0 Å². The van der Waals surface area contributed by atoms with Gasteiger partial charge in [-0.25, -0.2) is 4.68 Å². The molecule has 0 atom stereocenters. The van der Waals surface area contributed by atoms with Gasteiger partial charge in [-0.2, -0.15) is 5.10 Å². The Morgan fingerprint density at radius 1 is 1.04 bits per heavy atom. The summed E-state index contributed by atoms with van der Waals surface area (Å²) in [6.45, 7) is 2.10. The molecule has 23 heavy (non-hydrogen) atoms. The second-order valence-electron chi connectivity index (χ2n) is 5.35. The van der Waals surface area contributed by atoms with E-state index >= 15 is 0 Å². The Kier molecular flexibility index (Phi) is 4.52. The first kappa shape index (κ1) is 15.0. The van der Waals surface area contributed by atoms with E-state index < -0.39 is 0 Å². The zero-order valence-electron chi connectivity index (χ0n) is 13.1. The molecule has 1 aromatic heterocycles. The number of aromatic nitrogens is 2. The Bertz CT molecular complexity index is 779. The van der Waals surface area contributed by atoms with Crippen LogP contribution in [0.1, 0.15) is 29.4 Å². The van der Waals surface area contributed by atoms with Crippen molar-refractivity contribution in [1.29, 1.82) is 0 Å². The van der Waals surface area contributed by atoms with E-state index in [1.807, 2.05) is 66.9 Å². The standard InChI is InChI=1S/C19H19N3O/c1-2-9-15-14-22(17-12-7-4-8-13-17)21-18(15)19(23)20-16-10-5-3-6-11-16/h3-8,10-14H,2,9H2,1H3,(H,20,23). The fourth-order valence-electron chi connectivity index (χ4n) is 2.48. The van der Waals surface area contributed by atoms with Gasteiger partial charge in [-0.05, 0) is 30.7 Å². The first-order valence-corrected chi connectivity index (χ1v) is 7.78. The van der Waals surface area contributed by atoms with Crippen LogP contribution in [0.3, 0.4) is 0 Å². The SMILES string of the molecule is CCCc1cn(-c2ccccc2)nc1C(=O)Nc1ccccc1. The molecule has 0 unspecified atom stereocenters. The molecule has 3 aromatic rings. The lowest BCUT2D eigenvalue weighted by atomic mass is 10.1. The lowest BCUT2D eigenvalue weighted by molar-refractivity contribution is 0.102. The van der Waals surface area contributed by atoms with Crippen LogP contribution in [-0.2, 0) is 6.42 Å². The highest BCUT2D eigenvalue weighted by Crippen LogP contribution is 2.16. The van der Waals surface area contributed by atoms with Crippen molar-refractivity contribution >= 4 is 11.6 Å². The second kappa shape index (κ2) is 6.92. The number of para-hydroxylation sites is 2. The van der Waals surface area contributed by atoms with Gasteiger partial charge in [-0.1, -0.05) is 49.7 Å². The van der Waals surface area contributed by atoms with Crippen LogP contribution in [0.25, 0.3) is 5.69 Å². The van der Waals surface area contributed by atoms with Crippen molar-refractivity contribution in [3.05, 3.63) is 78.1 Å². The molecule has 1 heterocycles. The van der Waals surface area contributed by atoms with E-state index in [1.165, 1.54) is 0 Å². The molecule has 2 aromatic carbocycles. The molecule has 4 heteroatoms. The zero-order valence-corrected chi connectivity index (χ0v) is 13.1. The van der Waals surface area contributed by atoms with Gasteiger partial charge < -0.3 is 5.32 Å². The second-order valence-corrected chi connectivity index (χ2v) is 5.35. The fraction of sp³-hybridized carbons (Fsp3) is 0.158. The molecule has 0 bridgehead atoms. The molecule has 1 amide bonds. The monoisotopic (exact) mass is 305 g/mol. The Labute approximate surface area is 135 Å². The first-order valence-electron chi connectivity index (χ1n) is 7.78. The average molecular weight is 305 g/mol. The molecule has 1 N–H and O–H groups in total. The van der Waals surface area contributed by atoms with Crippen molar-refractivity contribution in [1.82, 2.24) is 9.78 Å². The van der Waals surface area contributed by atoms with E-state index in [0.717, 1.165) is 29.8 Å². The molecule has 0 radical (unpaired) electrons. The largest absolute Gasteiger partial charge is 0.321 e. The van der Waals surface area contributed by atoms with Crippen LogP contribution in [0, 0.1) is 0 Å². The molecular weight excluding hydrogens is 286 g/mol. The van der Waals surface area contributed by atoms with Crippen molar-refractivity contribution in [3.63, 3.8) is 0 Å². The van der Waals surface area contributed by atoms with Crippen LogP contribution in [0.15, 0.2) is 66.9 Å². The van der Waals surface area contributed by atoms with Gasteiger partial charge in [-0.3, -0.25) is 4.79 Å². The third-order valence-electron chi connectivity index (χ3n) is 3.58. The minimum absolute atomic E-state index is 0.172. The number of carbonyl (C=O) groups is 1. The number of aryl methyl sites for hydroxylation is 1. The summed E-state index contributed by atoms with van der Waals surface area (Å²) in [7, 11) is 0. The fourth-order valence-corrected chi connectivity index (χ4v) is 2.48. The minimum Gasteiger partial charge on any atom is -0.321 e. The summed E-state index contributed by atoms with van der Waals surface area (Å²) in [5.74, 6) is -0.172. The molecule has 3 rings (SSSR count). The Hall–Kier alpha value is -2.88. The quantitative estimate of drug-likeness (QED) is 0.772. The summed E-state index contributed by atoms with van der Waals surface area (Å²) < 4.78 is 1.77. The number of rotatable bonds is 5. The summed E-state index contributed by atoms with van der Waals surface area (Å²) >= 11 is 0. The van der Waals surface area contributed by atoms with Gasteiger partial charge in [-0.15, -0.1) is 0 Å². The minimum atomic E-state index is -0.172. The maximum atomic E-state index is 12.6. The van der Waals surface area contributed by atoms with E-state index in [2.05, 4.69) is 17.3 Å². The third-order valence-corrected chi connectivity index (χ3v) is 3.58. The van der Waals surface area contributed by atoms with Crippen molar-refractivity contribution in [3.8, 4) is 5.69 Å². The van der Waals surface area contributed by atoms with Gasteiger partial charge in [0.25, 0.3) is 5.91 Å². The number of benzene rings is 2. The van der Waals surface area contributed by atoms with E-state index in [-0.39, 0.29) is 5.91 Å². The van der Waals surface area contributed by atoms with Crippen LogP contribution in [0.5, 0.6) is 0 Å². The molecule has 0 saturated carbocycles. The van der Waals surface area contributed by atoms with Crippen LogP contribution < -0.4 is 5.32 Å². The highest BCUT2D eigenvalue weighted by Gasteiger charge is 2.17. The van der Waals surface area contributed by atoms with Gasteiger partial charge in [0.1, 0.15) is 0 Å². The maximum absolute atomic E-state index is 12.6. The maximum Gasteiger partial charge on any atom is 0.276 e. The molecule has 0 fully saturated rings. The highest BCUT2D eigenvalue weighted by atomic mass is 16.2. The number of nitrogens with zero attached hydrogens (tertiary/aromatic N) is 2. The lowest BCUT2D eigenvalue weighted by Crippen LogP contribution is -2.14. The highest BCUT2D eigenvalue weighted by molar-refractivity contribution is 6.03. The van der Waals surface area contributed by atoms with E-state index in [4.69, 9.17) is 0 Å². The van der Waals surface area contributed by atoms with E-state index in [1.54, 1.807) is 4.68 Å². The molecule has 0 aliphatic rings. The summed E-state index contributed by atoms with van der Waals surface area (Å²) in [6.07, 6.45) is 3.73. The van der Waals surface area contributed by atoms with Gasteiger partial charge >= 0.3 is 0 Å². The number of anilines is 1. The summed E-state index contributed by atoms with van der Waals surface area (Å²) in [5.41, 5.74) is 3.17. The molecule has 0 aliphatic carbocycles. The van der Waals surface area contributed by atoms with Gasteiger partial charge in [0.15, 0.2) is 5.69 Å². The van der Waals surface area contributed by atoms with Gasteiger partial charge in [0, 0.05) is 17.4 Å². The number of carbonyl (C=O) groups excluding carboxylic acids is 1.